The van der Waals surface area contributed by atoms with Crippen LogP contribution in [-0.2, 0) is 0 Å². The molecule has 2 heterocycles. The second-order valence-electron chi connectivity index (χ2n) is 5.61. The quantitative estimate of drug-likeness (QED) is 0.610. The van der Waals surface area contributed by atoms with Crippen molar-refractivity contribution in [3.63, 3.8) is 0 Å². The van der Waals surface area contributed by atoms with E-state index in [4.69, 9.17) is 0 Å². The van der Waals surface area contributed by atoms with Crippen molar-refractivity contribution in [2.75, 3.05) is 19.0 Å². The molecule has 6 nitrogen and oxygen atoms in total. The number of hydrogen-bond acceptors (Lipinski definition) is 4. The zero-order chi connectivity index (χ0) is 15.8. The number of benzene rings is 2. The van der Waals surface area contributed by atoms with Crippen LogP contribution in [0.1, 0.15) is 0 Å². The predicted molar refractivity (Wildman–Crippen MR) is 91.2 cm³/mol. The van der Waals surface area contributed by atoms with Crippen molar-refractivity contribution in [2.45, 2.75) is 0 Å². The first-order valence-electron chi connectivity index (χ1n) is 7.34. The lowest BCUT2D eigenvalue weighted by atomic mass is 10.0. The van der Waals surface area contributed by atoms with Crippen molar-refractivity contribution in [3.05, 3.63) is 48.8 Å². The van der Waals surface area contributed by atoms with Gasteiger partial charge >= 0.3 is 0 Å². The Hall–Kier alpha value is -3.15. The molecule has 2 aromatic heterocycles. The maximum Gasteiger partial charge on any atom is 0.155 e. The van der Waals surface area contributed by atoms with Gasteiger partial charge in [-0.05, 0) is 30.3 Å². The standard InChI is InChI=1S/C17H16N6/c1-23(2)13-6-3-11(4-7-13)16-14-9-12(17-18-10-19-22-17)5-8-15(14)20-21-16/h3-10H,1-2H3,(H,20,21)(H,18,19,22). The van der Waals surface area contributed by atoms with E-state index in [1.807, 2.05) is 26.2 Å². The van der Waals surface area contributed by atoms with Crippen molar-refractivity contribution in [1.82, 2.24) is 25.4 Å². The highest BCUT2D eigenvalue weighted by atomic mass is 15.2. The highest BCUT2D eigenvalue weighted by molar-refractivity contribution is 5.95. The Morgan fingerprint density at radius 3 is 2.39 bits per heavy atom. The molecule has 0 amide bonds. The van der Waals surface area contributed by atoms with Crippen LogP contribution in [0.3, 0.4) is 0 Å². The van der Waals surface area contributed by atoms with E-state index in [1.165, 1.54) is 6.33 Å². The highest BCUT2D eigenvalue weighted by Gasteiger charge is 2.11. The van der Waals surface area contributed by atoms with E-state index in [0.29, 0.717) is 0 Å². The van der Waals surface area contributed by atoms with Gasteiger partial charge < -0.3 is 4.90 Å². The van der Waals surface area contributed by atoms with Crippen LogP contribution >= 0.6 is 0 Å². The first-order valence-corrected chi connectivity index (χ1v) is 7.34. The summed E-state index contributed by atoms with van der Waals surface area (Å²) in [4.78, 5) is 6.29. The fourth-order valence-corrected chi connectivity index (χ4v) is 2.64. The first kappa shape index (κ1) is 13.5. The van der Waals surface area contributed by atoms with E-state index >= 15 is 0 Å². The van der Waals surface area contributed by atoms with Gasteiger partial charge in [-0.1, -0.05) is 12.1 Å². The normalized spacial score (nSPS) is 11.0. The Morgan fingerprint density at radius 1 is 0.913 bits per heavy atom. The van der Waals surface area contributed by atoms with Gasteiger partial charge in [-0.3, -0.25) is 10.2 Å². The molecule has 0 radical (unpaired) electrons. The molecule has 0 aliphatic carbocycles. The minimum atomic E-state index is 0.752. The second-order valence-corrected chi connectivity index (χ2v) is 5.61. The molecule has 4 aromatic rings. The number of aromatic nitrogens is 5. The molecule has 23 heavy (non-hydrogen) atoms. The summed E-state index contributed by atoms with van der Waals surface area (Å²) in [6.07, 6.45) is 1.51. The molecule has 0 aliphatic heterocycles. The Bertz CT molecular complexity index is 935. The lowest BCUT2D eigenvalue weighted by molar-refractivity contribution is 1.10. The smallest absolute Gasteiger partial charge is 0.155 e. The molecule has 2 aromatic carbocycles. The van der Waals surface area contributed by atoms with E-state index in [0.717, 1.165) is 39.2 Å². The van der Waals surface area contributed by atoms with E-state index in [9.17, 15) is 0 Å². The van der Waals surface area contributed by atoms with Crippen LogP contribution in [0.15, 0.2) is 48.8 Å². The molecular weight excluding hydrogens is 288 g/mol. The highest BCUT2D eigenvalue weighted by Crippen LogP contribution is 2.30. The van der Waals surface area contributed by atoms with Crippen LogP contribution in [0.5, 0.6) is 0 Å². The third-order valence-electron chi connectivity index (χ3n) is 3.91. The third kappa shape index (κ3) is 2.34. The second kappa shape index (κ2) is 5.24. The van der Waals surface area contributed by atoms with Gasteiger partial charge in [0, 0.05) is 36.3 Å². The van der Waals surface area contributed by atoms with Crippen LogP contribution in [-0.4, -0.2) is 39.5 Å². The Kier molecular flexibility index (Phi) is 3.08. The van der Waals surface area contributed by atoms with Gasteiger partial charge in [-0.15, -0.1) is 0 Å². The predicted octanol–water partition coefficient (Wildman–Crippen LogP) is 3.08. The molecule has 0 spiro atoms. The zero-order valence-electron chi connectivity index (χ0n) is 12.9. The van der Waals surface area contributed by atoms with Crippen molar-refractivity contribution in [1.29, 1.82) is 0 Å². The maximum atomic E-state index is 4.48. The number of aromatic amines is 2. The number of nitrogens with one attached hydrogen (secondary N) is 2. The molecule has 2 N–H and O–H groups in total. The summed E-state index contributed by atoms with van der Waals surface area (Å²) in [5.74, 6) is 0.752. The summed E-state index contributed by atoms with van der Waals surface area (Å²) in [5.41, 5.74) is 5.17. The minimum Gasteiger partial charge on any atom is -0.378 e. The summed E-state index contributed by atoms with van der Waals surface area (Å²) in [5, 5.41) is 15.4. The number of nitrogens with zero attached hydrogens (tertiary/aromatic N) is 4. The summed E-state index contributed by atoms with van der Waals surface area (Å²) < 4.78 is 0. The summed E-state index contributed by atoms with van der Waals surface area (Å²) in [6.45, 7) is 0. The molecule has 0 saturated carbocycles. The minimum absolute atomic E-state index is 0.752. The first-order chi connectivity index (χ1) is 11.2. The third-order valence-corrected chi connectivity index (χ3v) is 3.91. The van der Waals surface area contributed by atoms with Crippen LogP contribution in [0.25, 0.3) is 33.5 Å². The van der Waals surface area contributed by atoms with Crippen molar-refractivity contribution >= 4 is 16.6 Å². The average Bonchev–Trinajstić information content (AvgIpc) is 3.24. The number of hydrogen-bond donors (Lipinski definition) is 2. The van der Waals surface area contributed by atoms with E-state index in [2.05, 4.69) is 60.6 Å². The Labute approximate surface area is 133 Å². The SMILES string of the molecule is CN(C)c1ccc(-c2n[nH]c3ccc(-c4ncn[nH]4)cc23)cc1. The largest absolute Gasteiger partial charge is 0.378 e. The molecule has 0 atom stereocenters. The van der Waals surface area contributed by atoms with Gasteiger partial charge in [-0.25, -0.2) is 4.98 Å². The van der Waals surface area contributed by atoms with Crippen molar-refractivity contribution in [3.8, 4) is 22.6 Å². The average molecular weight is 304 g/mol. The van der Waals surface area contributed by atoms with Gasteiger partial charge in [0.2, 0.25) is 0 Å². The Morgan fingerprint density at radius 2 is 1.70 bits per heavy atom. The Balaban J connectivity index is 1.82. The molecule has 0 aliphatic rings. The molecule has 6 heteroatoms. The number of anilines is 1. The summed E-state index contributed by atoms with van der Waals surface area (Å²) >= 11 is 0. The zero-order valence-corrected chi connectivity index (χ0v) is 12.9. The van der Waals surface area contributed by atoms with E-state index < -0.39 is 0 Å². The van der Waals surface area contributed by atoms with Crippen molar-refractivity contribution in [2.24, 2.45) is 0 Å². The van der Waals surface area contributed by atoms with Gasteiger partial charge in [0.25, 0.3) is 0 Å². The fourth-order valence-electron chi connectivity index (χ4n) is 2.64. The monoisotopic (exact) mass is 304 g/mol. The molecule has 0 unspecified atom stereocenters. The molecule has 0 bridgehead atoms. The maximum absolute atomic E-state index is 4.48. The number of fused-ring (bicyclic) bond motifs is 1. The molecule has 0 saturated heterocycles. The topological polar surface area (TPSA) is 73.5 Å². The summed E-state index contributed by atoms with van der Waals surface area (Å²) in [6, 6.07) is 14.5. The lowest BCUT2D eigenvalue weighted by Crippen LogP contribution is -2.07. The van der Waals surface area contributed by atoms with Gasteiger partial charge in [0.05, 0.1) is 11.2 Å². The van der Waals surface area contributed by atoms with Crippen LogP contribution in [0.4, 0.5) is 5.69 Å². The van der Waals surface area contributed by atoms with Gasteiger partial charge in [-0.2, -0.15) is 10.2 Å². The van der Waals surface area contributed by atoms with E-state index in [-0.39, 0.29) is 0 Å². The van der Waals surface area contributed by atoms with Crippen LogP contribution in [0.2, 0.25) is 0 Å². The van der Waals surface area contributed by atoms with Gasteiger partial charge in [0.1, 0.15) is 6.33 Å². The molecule has 114 valence electrons. The molecule has 4 rings (SSSR count). The lowest BCUT2D eigenvalue weighted by Gasteiger charge is -2.12. The molecule has 0 fully saturated rings. The van der Waals surface area contributed by atoms with Crippen molar-refractivity contribution < 1.29 is 0 Å². The molecular formula is C17H16N6. The van der Waals surface area contributed by atoms with Crippen LogP contribution in [0, 0.1) is 0 Å². The van der Waals surface area contributed by atoms with Crippen LogP contribution < -0.4 is 4.90 Å². The van der Waals surface area contributed by atoms with E-state index in [1.54, 1.807) is 0 Å². The fraction of sp³-hybridized carbons (Fsp3) is 0.118. The van der Waals surface area contributed by atoms with Gasteiger partial charge in [0.15, 0.2) is 5.82 Å². The summed E-state index contributed by atoms with van der Waals surface area (Å²) in [7, 11) is 4.06. The number of H-pyrrole nitrogens is 2. The number of rotatable bonds is 3.